The minimum Gasteiger partial charge on any atom is -0.399 e. The van der Waals surface area contributed by atoms with Crippen LogP contribution in [0.5, 0.6) is 0 Å². The van der Waals surface area contributed by atoms with Crippen LogP contribution in [0.15, 0.2) is 42.6 Å². The van der Waals surface area contributed by atoms with Crippen LogP contribution in [-0.4, -0.2) is 11.5 Å². The first-order valence-corrected chi connectivity index (χ1v) is 6.21. The van der Waals surface area contributed by atoms with Gasteiger partial charge < -0.3 is 10.6 Å². The summed E-state index contributed by atoms with van der Waals surface area (Å²) in [5.74, 6) is 1.05. The third kappa shape index (κ3) is 2.80. The largest absolute Gasteiger partial charge is 0.399 e. The van der Waals surface area contributed by atoms with Crippen molar-refractivity contribution in [1.82, 2.24) is 4.98 Å². The molecular formula is C15H19N3. The van der Waals surface area contributed by atoms with E-state index in [-0.39, 0.29) is 0 Å². The van der Waals surface area contributed by atoms with E-state index in [9.17, 15) is 0 Å². The highest BCUT2D eigenvalue weighted by Gasteiger charge is 2.08. The van der Waals surface area contributed by atoms with Crippen molar-refractivity contribution < 1.29 is 0 Å². The Bertz CT molecular complexity index is 505. The van der Waals surface area contributed by atoms with Gasteiger partial charge in [0.1, 0.15) is 5.82 Å². The van der Waals surface area contributed by atoms with E-state index in [0.29, 0.717) is 0 Å². The molecular weight excluding hydrogens is 222 g/mol. The summed E-state index contributed by atoms with van der Waals surface area (Å²) in [6.07, 6.45) is 1.84. The second kappa shape index (κ2) is 5.54. The molecule has 0 aliphatic rings. The lowest BCUT2D eigenvalue weighted by molar-refractivity contribution is 0.809. The minimum atomic E-state index is 0.802. The number of rotatable bonds is 4. The van der Waals surface area contributed by atoms with Crippen LogP contribution in [0.3, 0.4) is 0 Å². The summed E-state index contributed by atoms with van der Waals surface area (Å²) >= 11 is 0. The maximum absolute atomic E-state index is 5.70. The number of nitrogens with zero attached hydrogens (tertiary/aromatic N) is 2. The number of nitrogen functional groups attached to an aromatic ring is 1. The molecule has 0 saturated heterocycles. The van der Waals surface area contributed by atoms with Crippen molar-refractivity contribution in [2.24, 2.45) is 0 Å². The fourth-order valence-electron chi connectivity index (χ4n) is 1.99. The standard InChI is InChI=1S/C15H19N3/c1-3-18(15-12(2)5-4-10-17-15)11-13-6-8-14(16)9-7-13/h4-10H,3,11,16H2,1-2H3. The van der Waals surface area contributed by atoms with Crippen molar-refractivity contribution in [3.05, 3.63) is 53.7 Å². The average Bonchev–Trinajstić information content (AvgIpc) is 2.39. The van der Waals surface area contributed by atoms with E-state index in [1.165, 1.54) is 11.1 Å². The molecule has 2 aromatic rings. The molecule has 1 aromatic heterocycles. The molecule has 2 rings (SSSR count). The van der Waals surface area contributed by atoms with E-state index in [1.807, 2.05) is 24.4 Å². The van der Waals surface area contributed by atoms with Gasteiger partial charge in [-0.1, -0.05) is 18.2 Å². The first-order chi connectivity index (χ1) is 8.70. The summed E-state index contributed by atoms with van der Waals surface area (Å²) in [4.78, 5) is 6.73. The van der Waals surface area contributed by atoms with Crippen LogP contribution in [0.25, 0.3) is 0 Å². The lowest BCUT2D eigenvalue weighted by Gasteiger charge is -2.23. The highest BCUT2D eigenvalue weighted by molar-refractivity contribution is 5.47. The van der Waals surface area contributed by atoms with Crippen molar-refractivity contribution in [2.75, 3.05) is 17.2 Å². The van der Waals surface area contributed by atoms with Gasteiger partial charge in [0, 0.05) is 25.0 Å². The van der Waals surface area contributed by atoms with Gasteiger partial charge in [0.15, 0.2) is 0 Å². The summed E-state index contributed by atoms with van der Waals surface area (Å²) in [5, 5.41) is 0. The third-order valence-electron chi connectivity index (χ3n) is 3.02. The van der Waals surface area contributed by atoms with E-state index in [4.69, 9.17) is 5.73 Å². The van der Waals surface area contributed by atoms with Crippen LogP contribution < -0.4 is 10.6 Å². The zero-order valence-corrected chi connectivity index (χ0v) is 10.9. The van der Waals surface area contributed by atoms with Gasteiger partial charge >= 0.3 is 0 Å². The topological polar surface area (TPSA) is 42.1 Å². The predicted molar refractivity (Wildman–Crippen MR) is 76.6 cm³/mol. The molecule has 2 N–H and O–H groups in total. The van der Waals surface area contributed by atoms with Crippen LogP contribution >= 0.6 is 0 Å². The number of hydrogen-bond acceptors (Lipinski definition) is 3. The van der Waals surface area contributed by atoms with E-state index in [1.54, 1.807) is 0 Å². The zero-order valence-electron chi connectivity index (χ0n) is 10.9. The second-order valence-corrected chi connectivity index (χ2v) is 4.40. The average molecular weight is 241 g/mol. The van der Waals surface area contributed by atoms with Gasteiger partial charge in [-0.2, -0.15) is 0 Å². The Morgan fingerprint density at radius 3 is 2.50 bits per heavy atom. The number of aromatic nitrogens is 1. The lowest BCUT2D eigenvalue weighted by Crippen LogP contribution is -2.23. The Balaban J connectivity index is 2.20. The molecule has 0 unspecified atom stereocenters. The van der Waals surface area contributed by atoms with Gasteiger partial charge in [0.25, 0.3) is 0 Å². The number of benzene rings is 1. The summed E-state index contributed by atoms with van der Waals surface area (Å²) in [5.41, 5.74) is 8.95. The maximum atomic E-state index is 5.70. The van der Waals surface area contributed by atoms with Crippen molar-refractivity contribution >= 4 is 11.5 Å². The van der Waals surface area contributed by atoms with Gasteiger partial charge in [-0.25, -0.2) is 4.98 Å². The maximum Gasteiger partial charge on any atom is 0.131 e. The molecule has 3 nitrogen and oxygen atoms in total. The number of pyridine rings is 1. The Morgan fingerprint density at radius 2 is 1.89 bits per heavy atom. The van der Waals surface area contributed by atoms with Gasteiger partial charge in [-0.3, -0.25) is 0 Å². The Hall–Kier alpha value is -2.03. The molecule has 0 fully saturated rings. The molecule has 0 atom stereocenters. The van der Waals surface area contributed by atoms with Gasteiger partial charge in [0.05, 0.1) is 0 Å². The molecule has 18 heavy (non-hydrogen) atoms. The van der Waals surface area contributed by atoms with Crippen molar-refractivity contribution in [1.29, 1.82) is 0 Å². The number of anilines is 2. The highest BCUT2D eigenvalue weighted by atomic mass is 15.2. The summed E-state index contributed by atoms with van der Waals surface area (Å²) in [6.45, 7) is 6.02. The van der Waals surface area contributed by atoms with Crippen molar-refractivity contribution in [3.8, 4) is 0 Å². The number of hydrogen-bond donors (Lipinski definition) is 1. The van der Waals surface area contributed by atoms with E-state index >= 15 is 0 Å². The third-order valence-corrected chi connectivity index (χ3v) is 3.02. The van der Waals surface area contributed by atoms with Crippen molar-refractivity contribution in [2.45, 2.75) is 20.4 Å². The van der Waals surface area contributed by atoms with E-state index < -0.39 is 0 Å². The van der Waals surface area contributed by atoms with E-state index in [2.05, 4.69) is 41.9 Å². The van der Waals surface area contributed by atoms with E-state index in [0.717, 1.165) is 24.6 Å². The fourth-order valence-corrected chi connectivity index (χ4v) is 1.99. The van der Waals surface area contributed by atoms with Crippen LogP contribution in [0.1, 0.15) is 18.1 Å². The normalized spacial score (nSPS) is 10.3. The predicted octanol–water partition coefficient (Wildman–Crippen LogP) is 3.00. The lowest BCUT2D eigenvalue weighted by atomic mass is 10.2. The van der Waals surface area contributed by atoms with Crippen LogP contribution in [0, 0.1) is 6.92 Å². The number of aryl methyl sites for hydroxylation is 1. The Kier molecular flexibility index (Phi) is 3.82. The molecule has 0 saturated carbocycles. The molecule has 0 radical (unpaired) electrons. The molecule has 0 aliphatic heterocycles. The summed E-state index contributed by atoms with van der Waals surface area (Å²) in [7, 11) is 0. The van der Waals surface area contributed by atoms with Crippen LogP contribution in [0.2, 0.25) is 0 Å². The molecule has 1 aromatic carbocycles. The molecule has 3 heteroatoms. The molecule has 0 spiro atoms. The molecule has 0 amide bonds. The number of nitrogens with two attached hydrogens (primary N) is 1. The van der Waals surface area contributed by atoms with Crippen molar-refractivity contribution in [3.63, 3.8) is 0 Å². The molecule has 94 valence electrons. The van der Waals surface area contributed by atoms with Gasteiger partial charge in [0.2, 0.25) is 0 Å². The Morgan fingerprint density at radius 1 is 1.17 bits per heavy atom. The quantitative estimate of drug-likeness (QED) is 0.837. The second-order valence-electron chi connectivity index (χ2n) is 4.40. The first-order valence-electron chi connectivity index (χ1n) is 6.21. The fraction of sp³-hybridized carbons (Fsp3) is 0.267. The van der Waals surface area contributed by atoms with Gasteiger partial charge in [-0.05, 0) is 43.2 Å². The van der Waals surface area contributed by atoms with Gasteiger partial charge in [-0.15, -0.1) is 0 Å². The minimum absolute atomic E-state index is 0.802. The first kappa shape index (κ1) is 12.4. The smallest absolute Gasteiger partial charge is 0.131 e. The molecule has 0 bridgehead atoms. The highest BCUT2D eigenvalue weighted by Crippen LogP contribution is 2.18. The molecule has 0 aliphatic carbocycles. The van der Waals surface area contributed by atoms with Crippen LogP contribution in [-0.2, 0) is 6.54 Å². The zero-order chi connectivity index (χ0) is 13.0. The Labute approximate surface area is 108 Å². The summed E-state index contributed by atoms with van der Waals surface area (Å²) in [6, 6.07) is 12.1. The monoisotopic (exact) mass is 241 g/mol. The SMILES string of the molecule is CCN(Cc1ccc(N)cc1)c1ncccc1C. The summed E-state index contributed by atoms with van der Waals surface area (Å²) < 4.78 is 0. The molecule has 1 heterocycles. The van der Waals surface area contributed by atoms with Crippen LogP contribution in [0.4, 0.5) is 11.5 Å².